The molecule has 0 fully saturated rings. The van der Waals surface area contributed by atoms with Crippen LogP contribution in [0.1, 0.15) is 18.1 Å². The first-order valence-electron chi connectivity index (χ1n) is 25.1. The molecule has 5 aliphatic rings. The zero-order chi connectivity index (χ0) is 50.3. The molecule has 0 saturated heterocycles. The first kappa shape index (κ1) is 45.6. The van der Waals surface area contributed by atoms with Gasteiger partial charge in [-0.2, -0.15) is 5.26 Å². The van der Waals surface area contributed by atoms with Crippen molar-refractivity contribution in [3.8, 4) is 129 Å². The summed E-state index contributed by atoms with van der Waals surface area (Å²) in [6.07, 6.45) is -1.09. The molecule has 4 heterocycles. The van der Waals surface area contributed by atoms with Gasteiger partial charge < -0.3 is 9.05 Å². The number of hydrogen-bond donors (Lipinski definition) is 0. The highest BCUT2D eigenvalue weighted by atomic mass is 31.2. The zero-order valence-electron chi connectivity index (χ0n) is 40.6. The van der Waals surface area contributed by atoms with E-state index < -0.39 is 13.9 Å². The van der Waals surface area contributed by atoms with Crippen molar-refractivity contribution < 1.29 is 18.1 Å². The molecule has 4 bridgehead atoms. The van der Waals surface area contributed by atoms with Gasteiger partial charge in [0.25, 0.3) is 0 Å². The van der Waals surface area contributed by atoms with E-state index in [1.165, 1.54) is 11.1 Å². The first-order chi connectivity index (χ1) is 36.9. The molecular weight excluding hydrogens is 938 g/mol. The summed E-state index contributed by atoms with van der Waals surface area (Å²) in [6, 6.07) is 91.1. The van der Waals surface area contributed by atoms with Crippen molar-refractivity contribution in [3.63, 3.8) is 0 Å². The van der Waals surface area contributed by atoms with Crippen LogP contribution in [0.15, 0.2) is 261 Å². The van der Waals surface area contributed by atoms with Gasteiger partial charge in [0.05, 0.1) is 12.5 Å². The number of hydrogen-bond acceptors (Lipinski definition) is 5. The molecule has 356 valence electrons. The number of nitrogens with zero attached hydrogens (tertiary/aromatic N) is 1. The van der Waals surface area contributed by atoms with Crippen LogP contribution in [0.25, 0.3) is 111 Å². The van der Waals surface area contributed by atoms with Crippen LogP contribution in [-0.4, -0.2) is 0 Å². The standard InChI is InChI=1S/C69H46NO4P/c70-37-36-65(50-26-14-5-15-27-50)72-75(71)73-66-34-32-51(44-63(66)57-40-53(46-18-6-1-7-19-46)38-54(41-57)47-20-8-2-9-21-47)59-28-16-30-61-62-31-17-29-60(69(62)68(59)61)52-33-35-67(74-75)64(45-52)58-42-55(48-22-10-3-11-23-48)39-56(43-58)49-24-12-4-13-25-49/h1-35,38-45,65H,36H2. The number of nitriles is 1. The second kappa shape index (κ2) is 19.3. The zero-order valence-corrected chi connectivity index (χ0v) is 41.5. The minimum Gasteiger partial charge on any atom is -0.394 e. The number of rotatable bonds is 10. The van der Waals surface area contributed by atoms with E-state index in [4.69, 9.17) is 13.6 Å². The van der Waals surface area contributed by atoms with E-state index in [-0.39, 0.29) is 17.9 Å². The molecular formula is C69H46NO4P. The second-order valence-corrected chi connectivity index (χ2v) is 20.4. The molecule has 5 nitrogen and oxygen atoms in total. The van der Waals surface area contributed by atoms with Crippen molar-refractivity contribution in [1.82, 2.24) is 0 Å². The second-order valence-electron chi connectivity index (χ2n) is 18.9. The molecule has 11 aromatic rings. The maximum atomic E-state index is 16.5. The minimum atomic E-state index is -4.80. The number of phosphoric ester groups is 1. The highest BCUT2D eigenvalue weighted by Crippen LogP contribution is 2.60. The summed E-state index contributed by atoms with van der Waals surface area (Å²) in [4.78, 5) is 0. The van der Waals surface area contributed by atoms with E-state index in [9.17, 15) is 5.26 Å². The highest BCUT2D eigenvalue weighted by molar-refractivity contribution is 7.49. The Bertz CT molecular complexity index is 3700. The number of benzene rings is 11. The molecule has 6 heteroatoms. The maximum absolute atomic E-state index is 16.5. The highest BCUT2D eigenvalue weighted by Gasteiger charge is 2.38. The van der Waals surface area contributed by atoms with Gasteiger partial charge in [0.1, 0.15) is 17.6 Å². The van der Waals surface area contributed by atoms with Crippen molar-refractivity contribution >= 4 is 7.82 Å². The van der Waals surface area contributed by atoms with E-state index in [0.29, 0.717) is 16.7 Å². The Balaban J connectivity index is 1.08. The summed E-state index contributed by atoms with van der Waals surface area (Å²) >= 11 is 0. The van der Waals surface area contributed by atoms with Crippen LogP contribution in [0.5, 0.6) is 11.5 Å². The molecule has 1 aliphatic carbocycles. The van der Waals surface area contributed by atoms with E-state index in [2.05, 4.69) is 140 Å². The molecule has 1 unspecified atom stereocenters. The first-order valence-corrected chi connectivity index (χ1v) is 26.6. The lowest BCUT2D eigenvalue weighted by atomic mass is 9.73. The third-order valence-electron chi connectivity index (χ3n) is 14.3. The number of phosphoric acid groups is 1. The Hall–Kier alpha value is -9.30. The summed E-state index contributed by atoms with van der Waals surface area (Å²) in [7, 11) is -4.80. The number of fused-ring (bicyclic) bond motifs is 1. The van der Waals surface area contributed by atoms with Gasteiger partial charge in [-0.15, -0.1) is 0 Å². The lowest BCUT2D eigenvalue weighted by Gasteiger charge is -2.30. The van der Waals surface area contributed by atoms with Gasteiger partial charge in [-0.3, -0.25) is 4.52 Å². The Kier molecular flexibility index (Phi) is 11.7. The maximum Gasteiger partial charge on any atom is 0.588 e. The molecule has 4 aliphatic heterocycles. The molecule has 16 rings (SSSR count). The SMILES string of the molecule is N#CCC(OP1(=O)Oc2ccc(cc2-c2cc(-c3ccccc3)cc(-c3ccccc3)c2)-c2cccc3c2-c2c(cccc2-3)-c2ccc(c(-c3cc(-c4ccccc4)cc(-c4ccccc4)c3)c2)O1)c1ccccc1. The van der Waals surface area contributed by atoms with Crippen LogP contribution in [0.2, 0.25) is 0 Å². The molecule has 1 atom stereocenters. The average molecular weight is 984 g/mol. The Labute approximate surface area is 436 Å². The molecule has 75 heavy (non-hydrogen) atoms. The van der Waals surface area contributed by atoms with Gasteiger partial charge in [0, 0.05) is 11.1 Å². The van der Waals surface area contributed by atoms with E-state index in [0.717, 1.165) is 89.0 Å². The topological polar surface area (TPSA) is 68.5 Å². The third kappa shape index (κ3) is 8.73. The fourth-order valence-corrected chi connectivity index (χ4v) is 12.1. The predicted octanol–water partition coefficient (Wildman–Crippen LogP) is 19.2. The molecule has 0 aromatic heterocycles. The lowest BCUT2D eigenvalue weighted by molar-refractivity contribution is 0.146. The van der Waals surface area contributed by atoms with Crippen LogP contribution < -0.4 is 9.05 Å². The van der Waals surface area contributed by atoms with E-state index in [1.54, 1.807) is 0 Å². The minimum absolute atomic E-state index is 0.115. The fraction of sp³-hybridized carbons (Fsp3) is 0.0290. The smallest absolute Gasteiger partial charge is 0.394 e. The van der Waals surface area contributed by atoms with Crippen molar-refractivity contribution in [1.29, 1.82) is 5.26 Å². The fourth-order valence-electron chi connectivity index (χ4n) is 10.7. The van der Waals surface area contributed by atoms with Crippen molar-refractivity contribution in [2.24, 2.45) is 0 Å². The van der Waals surface area contributed by atoms with E-state index >= 15 is 4.57 Å². The molecule has 0 radical (unpaired) electrons. The van der Waals surface area contributed by atoms with Gasteiger partial charge in [-0.1, -0.05) is 200 Å². The van der Waals surface area contributed by atoms with Gasteiger partial charge >= 0.3 is 7.82 Å². The van der Waals surface area contributed by atoms with Gasteiger partial charge in [0.15, 0.2) is 0 Å². The quantitative estimate of drug-likeness (QED) is 0.128. The Morgan fingerprint density at radius 2 is 0.693 bits per heavy atom. The van der Waals surface area contributed by atoms with Gasteiger partial charge in [-0.05, 0) is 166 Å². The van der Waals surface area contributed by atoms with Crippen LogP contribution in [-0.2, 0) is 9.09 Å². The summed E-state index contributed by atoms with van der Waals surface area (Å²) in [6.45, 7) is 0. The monoisotopic (exact) mass is 983 g/mol. The Morgan fingerprint density at radius 3 is 1.07 bits per heavy atom. The molecule has 0 saturated carbocycles. The largest absolute Gasteiger partial charge is 0.588 e. The average Bonchev–Trinajstić information content (AvgIpc) is 3.48. The Morgan fingerprint density at radius 1 is 0.347 bits per heavy atom. The molecule has 11 aromatic carbocycles. The summed E-state index contributed by atoms with van der Waals surface area (Å²) in [5.41, 5.74) is 20.6. The van der Waals surface area contributed by atoms with Crippen molar-refractivity contribution in [3.05, 3.63) is 266 Å². The predicted molar refractivity (Wildman–Crippen MR) is 304 cm³/mol. The van der Waals surface area contributed by atoms with Crippen LogP contribution in [0, 0.1) is 11.3 Å². The van der Waals surface area contributed by atoms with E-state index in [1.807, 2.05) is 127 Å². The van der Waals surface area contributed by atoms with Crippen molar-refractivity contribution in [2.75, 3.05) is 0 Å². The molecule has 0 N–H and O–H groups in total. The van der Waals surface area contributed by atoms with Gasteiger partial charge in [-0.25, -0.2) is 4.57 Å². The summed E-state index contributed by atoms with van der Waals surface area (Å²) in [5.74, 6) is 0.577. The summed E-state index contributed by atoms with van der Waals surface area (Å²) < 4.78 is 37.2. The molecule has 0 amide bonds. The van der Waals surface area contributed by atoms with Crippen LogP contribution in [0.4, 0.5) is 0 Å². The third-order valence-corrected chi connectivity index (χ3v) is 15.6. The lowest BCUT2D eigenvalue weighted by Crippen LogP contribution is -2.11. The molecule has 0 spiro atoms. The van der Waals surface area contributed by atoms with Crippen LogP contribution in [0.3, 0.4) is 0 Å². The summed E-state index contributed by atoms with van der Waals surface area (Å²) in [5, 5.41) is 10.3. The van der Waals surface area contributed by atoms with Crippen LogP contribution >= 0.6 is 7.82 Å². The van der Waals surface area contributed by atoms with Crippen molar-refractivity contribution in [2.45, 2.75) is 12.5 Å². The van der Waals surface area contributed by atoms with Gasteiger partial charge in [0.2, 0.25) is 0 Å². The normalized spacial score (nSPS) is 12.9.